The Morgan fingerprint density at radius 2 is 1.67 bits per heavy atom. The molecule has 0 radical (unpaired) electrons. The number of para-hydroxylation sites is 1. The van der Waals surface area contributed by atoms with E-state index in [1.165, 1.54) is 0 Å². The van der Waals surface area contributed by atoms with Crippen LogP contribution >= 0.6 is 0 Å². The number of ether oxygens (including phenoxy) is 1. The highest BCUT2D eigenvalue weighted by Gasteiger charge is 2.15. The van der Waals surface area contributed by atoms with Crippen molar-refractivity contribution in [2.75, 3.05) is 19.7 Å². The van der Waals surface area contributed by atoms with Crippen LogP contribution in [0.2, 0.25) is 0 Å². The number of nitrogens with zero attached hydrogens (tertiary/aromatic N) is 1. The summed E-state index contributed by atoms with van der Waals surface area (Å²) in [6.45, 7) is 12.5. The summed E-state index contributed by atoms with van der Waals surface area (Å²) in [5.41, 5.74) is 2.25. The lowest BCUT2D eigenvalue weighted by Crippen LogP contribution is -2.46. The van der Waals surface area contributed by atoms with Crippen molar-refractivity contribution < 1.29 is 9.53 Å². The van der Waals surface area contributed by atoms with Gasteiger partial charge in [-0.3, -0.25) is 0 Å². The Bertz CT molecular complexity index is 474. The molecule has 136 valence electrons. The molecule has 0 heterocycles. The number of carbonyl (C=O) groups excluding carboxylic acids is 1. The lowest BCUT2D eigenvalue weighted by atomic mass is 10.1. The summed E-state index contributed by atoms with van der Waals surface area (Å²) in [6.07, 6.45) is 4.29. The van der Waals surface area contributed by atoms with Crippen molar-refractivity contribution in [1.29, 1.82) is 0 Å². The van der Waals surface area contributed by atoms with E-state index in [0.29, 0.717) is 6.61 Å². The zero-order chi connectivity index (χ0) is 17.9. The molecule has 24 heavy (non-hydrogen) atoms. The minimum absolute atomic E-state index is 0.0227. The van der Waals surface area contributed by atoms with Gasteiger partial charge in [-0.05, 0) is 44.7 Å². The smallest absolute Gasteiger partial charge is 0.317 e. The third kappa shape index (κ3) is 6.81. The zero-order valence-corrected chi connectivity index (χ0v) is 16.0. The molecular weight excluding hydrogens is 300 g/mol. The number of aryl methyl sites for hydroxylation is 2. The van der Waals surface area contributed by atoms with Crippen LogP contribution < -0.4 is 10.1 Å². The predicted octanol–water partition coefficient (Wildman–Crippen LogP) is 4.68. The second-order valence-electron chi connectivity index (χ2n) is 6.58. The molecule has 1 N–H and O–H groups in total. The molecule has 0 aromatic heterocycles. The van der Waals surface area contributed by atoms with Crippen molar-refractivity contribution in [1.82, 2.24) is 10.2 Å². The third-order valence-electron chi connectivity index (χ3n) is 4.11. The first-order chi connectivity index (χ1) is 11.5. The molecule has 0 aliphatic carbocycles. The van der Waals surface area contributed by atoms with Crippen LogP contribution in [0.3, 0.4) is 0 Å². The van der Waals surface area contributed by atoms with Gasteiger partial charge in [0, 0.05) is 13.1 Å². The summed E-state index contributed by atoms with van der Waals surface area (Å²) in [6, 6.07) is 6.12. The molecule has 1 aromatic rings. The van der Waals surface area contributed by atoms with Crippen LogP contribution in [0, 0.1) is 13.8 Å². The first-order valence-corrected chi connectivity index (χ1v) is 9.24. The minimum atomic E-state index is -0.0257. The first-order valence-electron chi connectivity index (χ1n) is 9.24. The molecule has 0 saturated carbocycles. The number of hydrogen-bond acceptors (Lipinski definition) is 2. The van der Waals surface area contributed by atoms with Gasteiger partial charge in [0.1, 0.15) is 12.4 Å². The molecule has 4 heteroatoms. The highest BCUT2D eigenvalue weighted by atomic mass is 16.5. The number of nitrogens with one attached hydrogen (secondary N) is 1. The van der Waals surface area contributed by atoms with E-state index in [9.17, 15) is 4.79 Å². The largest absolute Gasteiger partial charge is 0.491 e. The number of rotatable bonds is 10. The molecule has 1 unspecified atom stereocenters. The van der Waals surface area contributed by atoms with Gasteiger partial charge in [0.05, 0.1) is 6.04 Å². The molecule has 2 amide bonds. The quantitative estimate of drug-likeness (QED) is 0.675. The van der Waals surface area contributed by atoms with E-state index < -0.39 is 0 Å². The van der Waals surface area contributed by atoms with E-state index in [0.717, 1.165) is 55.6 Å². The van der Waals surface area contributed by atoms with Crippen LogP contribution in [0.1, 0.15) is 57.6 Å². The Kier molecular flexibility index (Phi) is 9.28. The average Bonchev–Trinajstić information content (AvgIpc) is 2.54. The van der Waals surface area contributed by atoms with E-state index in [1.807, 2.05) is 43.9 Å². The Hall–Kier alpha value is -1.71. The maximum absolute atomic E-state index is 12.5. The number of urea groups is 1. The van der Waals surface area contributed by atoms with E-state index in [1.54, 1.807) is 0 Å². The van der Waals surface area contributed by atoms with Gasteiger partial charge in [0.25, 0.3) is 0 Å². The predicted molar refractivity (Wildman–Crippen MR) is 101 cm³/mol. The molecule has 4 nitrogen and oxygen atoms in total. The SMILES string of the molecule is CCCCN(CCCC)C(=O)NC(C)COc1c(C)cccc1C. The fraction of sp³-hybridized carbons (Fsp3) is 0.650. The Balaban J connectivity index is 2.51. The van der Waals surface area contributed by atoms with Gasteiger partial charge < -0.3 is 15.0 Å². The van der Waals surface area contributed by atoms with Crippen LogP contribution in [-0.4, -0.2) is 36.7 Å². The van der Waals surface area contributed by atoms with Crippen LogP contribution in [-0.2, 0) is 0 Å². The third-order valence-corrected chi connectivity index (χ3v) is 4.11. The van der Waals surface area contributed by atoms with Crippen molar-refractivity contribution in [2.24, 2.45) is 0 Å². The van der Waals surface area contributed by atoms with Crippen LogP contribution in [0.15, 0.2) is 18.2 Å². The summed E-state index contributed by atoms with van der Waals surface area (Å²) in [7, 11) is 0. The van der Waals surface area contributed by atoms with Crippen LogP contribution in [0.5, 0.6) is 5.75 Å². The molecule has 0 saturated heterocycles. The van der Waals surface area contributed by atoms with Crippen LogP contribution in [0.4, 0.5) is 4.79 Å². The number of carbonyl (C=O) groups is 1. The molecule has 1 atom stereocenters. The summed E-state index contributed by atoms with van der Waals surface area (Å²) >= 11 is 0. The normalized spacial score (nSPS) is 11.9. The number of unbranched alkanes of at least 4 members (excludes halogenated alkanes) is 2. The van der Waals surface area contributed by atoms with Gasteiger partial charge in [-0.15, -0.1) is 0 Å². The molecule has 0 bridgehead atoms. The summed E-state index contributed by atoms with van der Waals surface area (Å²) < 4.78 is 5.94. The highest BCUT2D eigenvalue weighted by Crippen LogP contribution is 2.22. The molecule has 1 aromatic carbocycles. The van der Waals surface area contributed by atoms with E-state index in [2.05, 4.69) is 19.2 Å². The van der Waals surface area contributed by atoms with Gasteiger partial charge in [0.2, 0.25) is 0 Å². The summed E-state index contributed by atoms with van der Waals surface area (Å²) in [5, 5.41) is 3.07. The molecule has 0 aliphatic heterocycles. The van der Waals surface area contributed by atoms with Crippen molar-refractivity contribution >= 4 is 6.03 Å². The summed E-state index contributed by atoms with van der Waals surface area (Å²) in [5.74, 6) is 0.924. The van der Waals surface area contributed by atoms with Gasteiger partial charge in [0.15, 0.2) is 0 Å². The second kappa shape index (κ2) is 11.0. The maximum Gasteiger partial charge on any atom is 0.317 e. The number of hydrogen-bond donors (Lipinski definition) is 1. The lowest BCUT2D eigenvalue weighted by molar-refractivity contribution is 0.185. The molecule has 0 fully saturated rings. The Morgan fingerprint density at radius 1 is 1.12 bits per heavy atom. The van der Waals surface area contributed by atoms with Crippen molar-refractivity contribution in [3.05, 3.63) is 29.3 Å². The van der Waals surface area contributed by atoms with Crippen molar-refractivity contribution in [3.63, 3.8) is 0 Å². The van der Waals surface area contributed by atoms with Crippen molar-refractivity contribution in [3.8, 4) is 5.75 Å². The van der Waals surface area contributed by atoms with Gasteiger partial charge >= 0.3 is 6.03 Å². The maximum atomic E-state index is 12.5. The molecule has 1 rings (SSSR count). The lowest BCUT2D eigenvalue weighted by Gasteiger charge is -2.25. The standard InChI is InChI=1S/C20H34N2O2/c1-6-8-13-22(14-9-7-2)20(23)21-18(5)15-24-19-16(3)11-10-12-17(19)4/h10-12,18H,6-9,13-15H2,1-5H3,(H,21,23). The number of amides is 2. The van der Waals surface area contributed by atoms with E-state index >= 15 is 0 Å². The average molecular weight is 335 g/mol. The topological polar surface area (TPSA) is 41.6 Å². The monoisotopic (exact) mass is 334 g/mol. The Labute approximate surface area is 147 Å². The van der Waals surface area contributed by atoms with Gasteiger partial charge in [-0.25, -0.2) is 4.79 Å². The summed E-state index contributed by atoms with van der Waals surface area (Å²) in [4.78, 5) is 14.4. The molecule has 0 aliphatic rings. The van der Waals surface area contributed by atoms with E-state index in [4.69, 9.17) is 4.74 Å². The van der Waals surface area contributed by atoms with Gasteiger partial charge in [-0.2, -0.15) is 0 Å². The van der Waals surface area contributed by atoms with Crippen molar-refractivity contribution in [2.45, 2.75) is 66.3 Å². The zero-order valence-electron chi connectivity index (χ0n) is 16.0. The highest BCUT2D eigenvalue weighted by molar-refractivity contribution is 5.74. The fourth-order valence-corrected chi connectivity index (χ4v) is 2.59. The molecular formula is C20H34N2O2. The molecule has 0 spiro atoms. The van der Waals surface area contributed by atoms with Crippen LogP contribution in [0.25, 0.3) is 0 Å². The van der Waals surface area contributed by atoms with Gasteiger partial charge in [-0.1, -0.05) is 44.9 Å². The second-order valence-corrected chi connectivity index (χ2v) is 6.58. The number of benzene rings is 1. The fourth-order valence-electron chi connectivity index (χ4n) is 2.59. The Morgan fingerprint density at radius 3 is 2.17 bits per heavy atom. The minimum Gasteiger partial charge on any atom is -0.491 e. The first kappa shape index (κ1) is 20.3. The van der Waals surface area contributed by atoms with E-state index in [-0.39, 0.29) is 12.1 Å².